The molecular weight excluding hydrogens is 277 g/mol. The molecule has 2 aromatic carbocycles. The fourth-order valence-corrected chi connectivity index (χ4v) is 1.98. The number of nitrogens with zero attached hydrogens (tertiary/aromatic N) is 1. The van der Waals surface area contributed by atoms with Crippen molar-refractivity contribution in [2.24, 2.45) is 0 Å². The monoisotopic (exact) mass is 291 g/mol. The zero-order chi connectivity index (χ0) is 15.6. The van der Waals surface area contributed by atoms with E-state index in [2.05, 4.69) is 0 Å². The van der Waals surface area contributed by atoms with Gasteiger partial charge in [0.2, 0.25) is 5.75 Å². The van der Waals surface area contributed by atoms with E-state index in [-0.39, 0.29) is 22.7 Å². The third kappa shape index (κ3) is 3.00. The quantitative estimate of drug-likeness (QED) is 0.685. The van der Waals surface area contributed by atoms with Crippen LogP contribution in [-0.2, 0) is 0 Å². The predicted molar refractivity (Wildman–Crippen MR) is 74.9 cm³/mol. The first kappa shape index (κ1) is 14.9. The molecule has 1 atom stereocenters. The lowest BCUT2D eigenvalue weighted by Crippen LogP contribution is -2.01. The highest BCUT2D eigenvalue weighted by molar-refractivity contribution is 5.54. The van der Waals surface area contributed by atoms with Gasteiger partial charge in [-0.25, -0.2) is 4.39 Å². The van der Waals surface area contributed by atoms with Gasteiger partial charge >= 0.3 is 5.69 Å². The van der Waals surface area contributed by atoms with Crippen LogP contribution in [0.4, 0.5) is 10.1 Å². The maximum Gasteiger partial charge on any atom is 0.311 e. The SMILES string of the molecule is Cc1cccc([N+](=O)[O-])c1Oc1c(F)cccc1C(C)O. The van der Waals surface area contributed by atoms with Crippen molar-refractivity contribution in [2.45, 2.75) is 20.0 Å². The number of nitro groups is 1. The summed E-state index contributed by atoms with van der Waals surface area (Å²) in [6.07, 6.45) is -0.959. The molecule has 0 saturated carbocycles. The van der Waals surface area contributed by atoms with Gasteiger partial charge in [0.15, 0.2) is 11.6 Å². The summed E-state index contributed by atoms with van der Waals surface area (Å²) in [6.45, 7) is 3.10. The number of rotatable bonds is 4. The molecule has 0 spiro atoms. The van der Waals surface area contributed by atoms with Gasteiger partial charge in [0, 0.05) is 11.6 Å². The number of para-hydroxylation sites is 2. The highest BCUT2D eigenvalue weighted by atomic mass is 19.1. The molecule has 0 aliphatic rings. The van der Waals surface area contributed by atoms with E-state index in [9.17, 15) is 19.6 Å². The van der Waals surface area contributed by atoms with Gasteiger partial charge in [-0.3, -0.25) is 10.1 Å². The van der Waals surface area contributed by atoms with E-state index in [0.717, 1.165) is 0 Å². The number of aliphatic hydroxyl groups excluding tert-OH is 1. The summed E-state index contributed by atoms with van der Waals surface area (Å²) in [6, 6.07) is 8.56. The standard InChI is InChI=1S/C15H14FNO4/c1-9-5-3-8-13(17(19)20)14(9)21-15-11(10(2)18)6-4-7-12(15)16/h3-8,10,18H,1-2H3. The molecule has 0 saturated heterocycles. The van der Waals surface area contributed by atoms with Crippen LogP contribution in [0.15, 0.2) is 36.4 Å². The molecule has 110 valence electrons. The van der Waals surface area contributed by atoms with Crippen molar-refractivity contribution in [3.63, 3.8) is 0 Å². The zero-order valence-corrected chi connectivity index (χ0v) is 11.5. The number of aliphatic hydroxyl groups is 1. The van der Waals surface area contributed by atoms with Crippen LogP contribution in [0.5, 0.6) is 11.5 Å². The molecule has 0 aliphatic heterocycles. The van der Waals surface area contributed by atoms with Gasteiger partial charge in [0.25, 0.3) is 0 Å². The summed E-state index contributed by atoms with van der Waals surface area (Å²) in [5.41, 5.74) is 0.478. The van der Waals surface area contributed by atoms with Crippen molar-refractivity contribution in [3.05, 3.63) is 63.5 Å². The average Bonchev–Trinajstić information content (AvgIpc) is 2.42. The van der Waals surface area contributed by atoms with Crippen LogP contribution in [0.1, 0.15) is 24.2 Å². The lowest BCUT2D eigenvalue weighted by Gasteiger charge is -2.15. The molecule has 0 aliphatic carbocycles. The highest BCUT2D eigenvalue weighted by Gasteiger charge is 2.22. The van der Waals surface area contributed by atoms with Gasteiger partial charge in [0.05, 0.1) is 11.0 Å². The molecule has 1 N–H and O–H groups in total. The molecule has 0 heterocycles. The Hall–Kier alpha value is -2.47. The molecule has 5 nitrogen and oxygen atoms in total. The Labute approximate surface area is 120 Å². The van der Waals surface area contributed by atoms with Crippen molar-refractivity contribution >= 4 is 5.69 Å². The van der Waals surface area contributed by atoms with Gasteiger partial charge in [0.1, 0.15) is 0 Å². The van der Waals surface area contributed by atoms with E-state index in [0.29, 0.717) is 5.56 Å². The molecule has 1 unspecified atom stereocenters. The van der Waals surface area contributed by atoms with E-state index in [1.54, 1.807) is 13.0 Å². The molecule has 0 radical (unpaired) electrons. The fraction of sp³-hybridized carbons (Fsp3) is 0.200. The number of benzene rings is 2. The Bertz CT molecular complexity index is 685. The van der Waals surface area contributed by atoms with E-state index in [1.165, 1.54) is 37.3 Å². The topological polar surface area (TPSA) is 72.6 Å². The van der Waals surface area contributed by atoms with Crippen molar-refractivity contribution in [1.29, 1.82) is 0 Å². The summed E-state index contributed by atoms with van der Waals surface area (Å²) >= 11 is 0. The number of hydrogen-bond donors (Lipinski definition) is 1. The normalized spacial score (nSPS) is 12.0. The van der Waals surface area contributed by atoms with E-state index in [1.807, 2.05) is 0 Å². The third-order valence-electron chi connectivity index (χ3n) is 3.04. The first-order valence-electron chi connectivity index (χ1n) is 6.30. The number of nitro benzene ring substituents is 1. The van der Waals surface area contributed by atoms with Gasteiger partial charge in [-0.15, -0.1) is 0 Å². The molecule has 2 aromatic rings. The third-order valence-corrected chi connectivity index (χ3v) is 3.04. The number of aryl methyl sites for hydroxylation is 1. The maximum absolute atomic E-state index is 14.0. The van der Waals surface area contributed by atoms with Gasteiger partial charge in [-0.1, -0.05) is 24.3 Å². The second-order valence-corrected chi connectivity index (χ2v) is 4.62. The molecule has 2 rings (SSSR count). The lowest BCUT2D eigenvalue weighted by molar-refractivity contribution is -0.385. The van der Waals surface area contributed by atoms with E-state index in [4.69, 9.17) is 4.74 Å². The van der Waals surface area contributed by atoms with Crippen molar-refractivity contribution in [1.82, 2.24) is 0 Å². The Balaban J connectivity index is 2.56. The van der Waals surface area contributed by atoms with Crippen LogP contribution in [0.25, 0.3) is 0 Å². The minimum absolute atomic E-state index is 0.0329. The minimum atomic E-state index is -0.959. The zero-order valence-electron chi connectivity index (χ0n) is 11.5. The van der Waals surface area contributed by atoms with Gasteiger partial charge in [-0.2, -0.15) is 0 Å². The summed E-state index contributed by atoms with van der Waals surface area (Å²) in [4.78, 5) is 10.5. The van der Waals surface area contributed by atoms with Crippen LogP contribution in [0.3, 0.4) is 0 Å². The summed E-state index contributed by atoms with van der Waals surface area (Å²) in [5.74, 6) is -0.926. The highest BCUT2D eigenvalue weighted by Crippen LogP contribution is 2.38. The van der Waals surface area contributed by atoms with Gasteiger partial charge in [-0.05, 0) is 25.5 Å². The molecule has 6 heteroatoms. The summed E-state index contributed by atoms with van der Waals surface area (Å²) in [7, 11) is 0. The molecule has 0 fully saturated rings. The number of ether oxygens (including phenoxy) is 1. The fourth-order valence-electron chi connectivity index (χ4n) is 1.98. The van der Waals surface area contributed by atoms with Crippen LogP contribution >= 0.6 is 0 Å². The summed E-state index contributed by atoms with van der Waals surface area (Å²) in [5, 5.41) is 20.7. The molecule has 0 amide bonds. The van der Waals surface area contributed by atoms with E-state index < -0.39 is 16.8 Å². The largest absolute Gasteiger partial charge is 0.446 e. The van der Waals surface area contributed by atoms with Crippen LogP contribution < -0.4 is 4.74 Å². The van der Waals surface area contributed by atoms with Crippen molar-refractivity contribution < 1.29 is 19.2 Å². The van der Waals surface area contributed by atoms with Crippen LogP contribution in [0, 0.1) is 22.9 Å². The van der Waals surface area contributed by atoms with E-state index >= 15 is 0 Å². The first-order chi connectivity index (χ1) is 9.91. The molecule has 0 bridgehead atoms. The Morgan fingerprint density at radius 1 is 1.24 bits per heavy atom. The Morgan fingerprint density at radius 3 is 2.52 bits per heavy atom. The van der Waals surface area contributed by atoms with Gasteiger partial charge < -0.3 is 9.84 Å². The average molecular weight is 291 g/mol. The Kier molecular flexibility index (Phi) is 4.18. The van der Waals surface area contributed by atoms with Crippen LogP contribution in [0.2, 0.25) is 0 Å². The van der Waals surface area contributed by atoms with Crippen molar-refractivity contribution in [3.8, 4) is 11.5 Å². The predicted octanol–water partition coefficient (Wildman–Crippen LogP) is 3.89. The smallest absolute Gasteiger partial charge is 0.311 e. The second kappa shape index (κ2) is 5.88. The second-order valence-electron chi connectivity index (χ2n) is 4.62. The molecule has 21 heavy (non-hydrogen) atoms. The maximum atomic E-state index is 14.0. The Morgan fingerprint density at radius 2 is 1.90 bits per heavy atom. The van der Waals surface area contributed by atoms with Crippen molar-refractivity contribution in [2.75, 3.05) is 0 Å². The number of hydrogen-bond acceptors (Lipinski definition) is 4. The molecular formula is C15H14FNO4. The number of halogens is 1. The minimum Gasteiger partial charge on any atom is -0.446 e. The lowest BCUT2D eigenvalue weighted by atomic mass is 10.1. The molecule has 0 aromatic heterocycles. The summed E-state index contributed by atoms with van der Waals surface area (Å²) < 4.78 is 19.4. The first-order valence-corrected chi connectivity index (χ1v) is 6.30. The van der Waals surface area contributed by atoms with Crippen LogP contribution in [-0.4, -0.2) is 10.0 Å².